The zero-order valence-electron chi connectivity index (χ0n) is 12.2. The number of ketones is 2. The van der Waals surface area contributed by atoms with E-state index in [1.807, 2.05) is 50.2 Å². The van der Waals surface area contributed by atoms with Gasteiger partial charge < -0.3 is 0 Å². The summed E-state index contributed by atoms with van der Waals surface area (Å²) in [7, 11) is 0. The molecule has 2 aromatic rings. The summed E-state index contributed by atoms with van der Waals surface area (Å²) in [5, 5.41) is 0. The predicted molar refractivity (Wildman–Crippen MR) is 80.9 cm³/mol. The lowest BCUT2D eigenvalue weighted by molar-refractivity contribution is 0.0705. The van der Waals surface area contributed by atoms with Crippen molar-refractivity contribution in [1.82, 2.24) is 0 Å². The summed E-state index contributed by atoms with van der Waals surface area (Å²) < 4.78 is 0. The Morgan fingerprint density at radius 1 is 0.905 bits per heavy atom. The van der Waals surface area contributed by atoms with Crippen molar-refractivity contribution in [3.63, 3.8) is 0 Å². The summed E-state index contributed by atoms with van der Waals surface area (Å²) in [4.78, 5) is 25.9. The number of carbonyl (C=O) groups excluding carboxylic acids is 2. The minimum Gasteiger partial charge on any atom is -0.293 e. The summed E-state index contributed by atoms with van der Waals surface area (Å²) >= 11 is 0. The number of rotatable bonds is 0. The normalized spacial score (nSPS) is 22.8. The smallest absolute Gasteiger partial charge is 0.177 e. The van der Waals surface area contributed by atoms with E-state index in [1.165, 1.54) is 0 Å². The standard InChI is InChI=1S/C19H16O2/c1-11-6-7-15-14(8-11)10-19(17(15)20)9-13-5-3-4-12(2)16(13)18(19)21/h3-8H,9-10H2,1-2H3/t19-/m0/s1. The van der Waals surface area contributed by atoms with Gasteiger partial charge in [-0.05, 0) is 43.4 Å². The van der Waals surface area contributed by atoms with E-state index < -0.39 is 5.41 Å². The minimum absolute atomic E-state index is 0.0121. The van der Waals surface area contributed by atoms with Gasteiger partial charge in [0.1, 0.15) is 5.41 Å². The number of Topliss-reactive ketones (excluding diaryl/α,β-unsaturated/α-hetero) is 2. The fraction of sp³-hybridized carbons (Fsp3) is 0.263. The van der Waals surface area contributed by atoms with E-state index >= 15 is 0 Å². The summed E-state index contributed by atoms with van der Waals surface area (Å²) in [6.07, 6.45) is 1.10. The average Bonchev–Trinajstić information content (AvgIpc) is 2.88. The maximum Gasteiger partial charge on any atom is 0.177 e. The molecule has 0 bridgehead atoms. The van der Waals surface area contributed by atoms with Crippen molar-refractivity contribution in [1.29, 1.82) is 0 Å². The molecule has 2 aromatic carbocycles. The van der Waals surface area contributed by atoms with Crippen LogP contribution in [0.4, 0.5) is 0 Å². The van der Waals surface area contributed by atoms with Gasteiger partial charge in [-0.3, -0.25) is 9.59 Å². The van der Waals surface area contributed by atoms with Crippen LogP contribution in [-0.2, 0) is 12.8 Å². The third-order valence-corrected chi connectivity index (χ3v) is 4.95. The van der Waals surface area contributed by atoms with E-state index in [4.69, 9.17) is 0 Å². The Morgan fingerprint density at radius 2 is 1.67 bits per heavy atom. The van der Waals surface area contributed by atoms with E-state index in [2.05, 4.69) is 0 Å². The van der Waals surface area contributed by atoms with E-state index in [1.54, 1.807) is 0 Å². The molecule has 21 heavy (non-hydrogen) atoms. The zero-order valence-corrected chi connectivity index (χ0v) is 12.2. The van der Waals surface area contributed by atoms with Crippen LogP contribution >= 0.6 is 0 Å². The van der Waals surface area contributed by atoms with Gasteiger partial charge in [-0.1, -0.05) is 42.0 Å². The third kappa shape index (κ3) is 1.48. The van der Waals surface area contributed by atoms with E-state index in [0.29, 0.717) is 12.8 Å². The van der Waals surface area contributed by atoms with Crippen LogP contribution in [0.1, 0.15) is 43.0 Å². The lowest BCUT2D eigenvalue weighted by Gasteiger charge is -2.18. The van der Waals surface area contributed by atoms with Crippen molar-refractivity contribution in [2.24, 2.45) is 5.41 Å². The van der Waals surface area contributed by atoms with Crippen molar-refractivity contribution in [3.8, 4) is 0 Å². The minimum atomic E-state index is -0.870. The third-order valence-electron chi connectivity index (χ3n) is 4.95. The van der Waals surface area contributed by atoms with Crippen LogP contribution in [0.15, 0.2) is 36.4 Å². The first-order chi connectivity index (χ1) is 10.0. The molecule has 0 radical (unpaired) electrons. The van der Waals surface area contributed by atoms with Crippen LogP contribution < -0.4 is 0 Å². The quantitative estimate of drug-likeness (QED) is 0.690. The first kappa shape index (κ1) is 12.5. The molecule has 1 spiro atoms. The molecule has 104 valence electrons. The van der Waals surface area contributed by atoms with Gasteiger partial charge in [-0.15, -0.1) is 0 Å². The Bertz CT molecular complexity index is 816. The van der Waals surface area contributed by atoms with Gasteiger partial charge >= 0.3 is 0 Å². The molecule has 0 amide bonds. The van der Waals surface area contributed by atoms with E-state index in [0.717, 1.165) is 33.4 Å². The van der Waals surface area contributed by atoms with Gasteiger partial charge in [0.2, 0.25) is 0 Å². The second-order valence-electron chi connectivity index (χ2n) is 6.36. The van der Waals surface area contributed by atoms with Gasteiger partial charge in [0.15, 0.2) is 11.6 Å². The first-order valence-corrected chi connectivity index (χ1v) is 7.30. The van der Waals surface area contributed by atoms with Crippen LogP contribution in [0.5, 0.6) is 0 Å². The molecular formula is C19H16O2. The fourth-order valence-corrected chi connectivity index (χ4v) is 3.93. The van der Waals surface area contributed by atoms with Gasteiger partial charge in [0, 0.05) is 11.1 Å². The molecule has 0 saturated carbocycles. The molecule has 2 nitrogen and oxygen atoms in total. The Hall–Kier alpha value is -2.22. The molecule has 2 aliphatic rings. The van der Waals surface area contributed by atoms with Crippen LogP contribution in [0.2, 0.25) is 0 Å². The molecule has 0 unspecified atom stereocenters. The number of benzene rings is 2. The highest BCUT2D eigenvalue weighted by molar-refractivity contribution is 6.25. The average molecular weight is 276 g/mol. The molecule has 0 N–H and O–H groups in total. The van der Waals surface area contributed by atoms with Crippen molar-refractivity contribution in [3.05, 3.63) is 69.8 Å². The van der Waals surface area contributed by atoms with E-state index in [-0.39, 0.29) is 11.6 Å². The fourth-order valence-electron chi connectivity index (χ4n) is 3.93. The number of fused-ring (bicyclic) bond motifs is 2. The SMILES string of the molecule is Cc1ccc2c(c1)C[C@@]1(Cc3cccc(C)c3C1=O)C2=O. The highest BCUT2D eigenvalue weighted by Gasteiger charge is 2.55. The van der Waals surface area contributed by atoms with E-state index in [9.17, 15) is 9.59 Å². The maximum atomic E-state index is 13.0. The van der Waals surface area contributed by atoms with Gasteiger partial charge in [0.25, 0.3) is 0 Å². The molecule has 0 saturated heterocycles. The molecule has 2 heteroatoms. The van der Waals surface area contributed by atoms with Crippen LogP contribution in [-0.4, -0.2) is 11.6 Å². The Kier molecular flexibility index (Phi) is 2.33. The molecule has 0 heterocycles. The number of hydrogen-bond acceptors (Lipinski definition) is 2. The largest absolute Gasteiger partial charge is 0.293 e. The summed E-state index contributed by atoms with van der Waals surface area (Å²) in [5.41, 5.74) is 4.81. The molecule has 0 aromatic heterocycles. The van der Waals surface area contributed by atoms with Gasteiger partial charge in [-0.25, -0.2) is 0 Å². The first-order valence-electron chi connectivity index (χ1n) is 7.30. The molecular weight excluding hydrogens is 260 g/mol. The molecule has 1 atom stereocenters. The summed E-state index contributed by atoms with van der Waals surface area (Å²) in [5.74, 6) is 0.0348. The summed E-state index contributed by atoms with van der Waals surface area (Å²) in [6.45, 7) is 3.97. The summed E-state index contributed by atoms with van der Waals surface area (Å²) in [6, 6.07) is 11.8. The number of aryl methyl sites for hydroxylation is 2. The topological polar surface area (TPSA) is 34.1 Å². The van der Waals surface area contributed by atoms with Gasteiger partial charge in [-0.2, -0.15) is 0 Å². The highest BCUT2D eigenvalue weighted by atomic mass is 16.2. The van der Waals surface area contributed by atoms with Crippen molar-refractivity contribution < 1.29 is 9.59 Å². The monoisotopic (exact) mass is 276 g/mol. The van der Waals surface area contributed by atoms with Crippen molar-refractivity contribution >= 4 is 11.6 Å². The lowest BCUT2D eigenvalue weighted by atomic mass is 9.79. The van der Waals surface area contributed by atoms with Crippen LogP contribution in [0.25, 0.3) is 0 Å². The predicted octanol–water partition coefficient (Wildman–Crippen LogP) is 3.47. The number of carbonyl (C=O) groups is 2. The second-order valence-corrected chi connectivity index (χ2v) is 6.36. The molecule has 0 fully saturated rings. The number of hydrogen-bond donors (Lipinski definition) is 0. The Labute approximate surface area is 123 Å². The van der Waals surface area contributed by atoms with Crippen LogP contribution in [0, 0.1) is 19.3 Å². The molecule has 4 rings (SSSR count). The Morgan fingerprint density at radius 3 is 2.43 bits per heavy atom. The molecule has 0 aliphatic heterocycles. The maximum absolute atomic E-state index is 13.0. The lowest BCUT2D eigenvalue weighted by Crippen LogP contribution is -2.34. The Balaban J connectivity index is 1.88. The van der Waals surface area contributed by atoms with Crippen molar-refractivity contribution in [2.75, 3.05) is 0 Å². The van der Waals surface area contributed by atoms with Crippen LogP contribution in [0.3, 0.4) is 0 Å². The van der Waals surface area contributed by atoms with Gasteiger partial charge in [0.05, 0.1) is 0 Å². The highest BCUT2D eigenvalue weighted by Crippen LogP contribution is 2.47. The zero-order chi connectivity index (χ0) is 14.8. The van der Waals surface area contributed by atoms with Crippen molar-refractivity contribution in [2.45, 2.75) is 26.7 Å². The molecule has 2 aliphatic carbocycles. The second kappa shape index (κ2) is 3.91.